The summed E-state index contributed by atoms with van der Waals surface area (Å²) in [4.78, 5) is 4.19. The highest BCUT2D eigenvalue weighted by Crippen LogP contribution is 2.40. The van der Waals surface area contributed by atoms with Crippen LogP contribution in [0, 0.1) is 11.8 Å². The Hall–Kier alpha value is -0.440. The first-order chi connectivity index (χ1) is 7.99. The van der Waals surface area contributed by atoms with E-state index < -0.39 is 6.43 Å². The first-order valence-electron chi connectivity index (χ1n) is 6.20. The lowest BCUT2D eigenvalue weighted by atomic mass is 9.74. The Morgan fingerprint density at radius 3 is 2.65 bits per heavy atom. The average Bonchev–Trinajstić information content (AvgIpc) is 2.26. The van der Waals surface area contributed by atoms with Gasteiger partial charge in [-0.15, -0.1) is 11.6 Å². The summed E-state index contributed by atoms with van der Waals surface area (Å²) in [7, 11) is 0. The van der Waals surface area contributed by atoms with E-state index in [0.717, 1.165) is 24.8 Å². The summed E-state index contributed by atoms with van der Waals surface area (Å²) in [5, 5.41) is 0.0884. The van der Waals surface area contributed by atoms with E-state index >= 15 is 0 Å². The molecule has 3 atom stereocenters. The van der Waals surface area contributed by atoms with Gasteiger partial charge in [0.1, 0.15) is 5.71 Å². The zero-order valence-electron chi connectivity index (χ0n) is 10.2. The molecule has 1 heterocycles. The maximum Gasteiger partial charge on any atom is 0.279 e. The van der Waals surface area contributed by atoms with Gasteiger partial charge in [0.05, 0.1) is 6.04 Å². The van der Waals surface area contributed by atoms with Gasteiger partial charge >= 0.3 is 0 Å². The maximum atomic E-state index is 12.8. The van der Waals surface area contributed by atoms with Gasteiger partial charge in [-0.05, 0) is 31.3 Å². The molecule has 0 aromatic heterocycles. The van der Waals surface area contributed by atoms with Gasteiger partial charge in [0.25, 0.3) is 6.43 Å². The van der Waals surface area contributed by atoms with Crippen LogP contribution in [-0.4, -0.2) is 23.6 Å². The molecule has 0 saturated heterocycles. The molecule has 4 heteroatoms. The van der Waals surface area contributed by atoms with Crippen molar-refractivity contribution < 1.29 is 8.78 Å². The van der Waals surface area contributed by atoms with Crippen LogP contribution >= 0.6 is 11.6 Å². The number of rotatable bonds is 2. The van der Waals surface area contributed by atoms with Crippen molar-refractivity contribution in [3.63, 3.8) is 0 Å². The molecule has 1 aliphatic heterocycles. The molecule has 0 radical (unpaired) electrons. The normalized spacial score (nSPS) is 33.5. The van der Waals surface area contributed by atoms with Gasteiger partial charge in [-0.1, -0.05) is 19.4 Å². The van der Waals surface area contributed by atoms with Crippen molar-refractivity contribution in [2.45, 2.75) is 51.0 Å². The Morgan fingerprint density at radius 2 is 2.06 bits per heavy atom. The molecule has 1 saturated carbocycles. The summed E-state index contributed by atoms with van der Waals surface area (Å²) in [5.74, 6) is 0.631. The molecule has 0 bridgehead atoms. The number of aliphatic imine (C=N–C) groups is 1. The van der Waals surface area contributed by atoms with E-state index in [-0.39, 0.29) is 17.1 Å². The van der Waals surface area contributed by atoms with Crippen LogP contribution in [0.5, 0.6) is 0 Å². The summed E-state index contributed by atoms with van der Waals surface area (Å²) in [6.07, 6.45) is 1.81. The molecule has 1 fully saturated rings. The monoisotopic (exact) mass is 261 g/mol. The molecule has 3 unspecified atom stereocenters. The fourth-order valence-corrected chi connectivity index (χ4v) is 3.16. The molecule has 0 aromatic rings. The lowest BCUT2D eigenvalue weighted by Crippen LogP contribution is -2.36. The van der Waals surface area contributed by atoms with Crippen LogP contribution < -0.4 is 0 Å². The van der Waals surface area contributed by atoms with Gasteiger partial charge in [0.15, 0.2) is 0 Å². The second-order valence-corrected chi connectivity index (χ2v) is 5.86. The van der Waals surface area contributed by atoms with Gasteiger partial charge < -0.3 is 0 Å². The Morgan fingerprint density at radius 1 is 1.35 bits per heavy atom. The summed E-state index contributed by atoms with van der Waals surface area (Å²) >= 11 is 6.11. The standard InChI is InChI=1S/C13H18ClF2N/c1-7(2)10-6-12(13(15)16)17-11-5-8(14)3-4-9(10)11/h6-9,11,13H,3-5H2,1-2H3. The number of hydrogen-bond acceptors (Lipinski definition) is 1. The van der Waals surface area contributed by atoms with E-state index in [1.165, 1.54) is 0 Å². The lowest BCUT2D eigenvalue weighted by molar-refractivity contribution is 0.222. The summed E-state index contributed by atoms with van der Waals surface area (Å²) in [5.41, 5.74) is 1.07. The van der Waals surface area contributed by atoms with Crippen molar-refractivity contribution in [1.29, 1.82) is 0 Å². The third-order valence-corrected chi connectivity index (χ3v) is 4.10. The third-order valence-electron chi connectivity index (χ3n) is 3.70. The predicted octanol–water partition coefficient (Wildman–Crippen LogP) is 4.06. The highest BCUT2D eigenvalue weighted by atomic mass is 35.5. The van der Waals surface area contributed by atoms with Crippen molar-refractivity contribution in [2.24, 2.45) is 16.8 Å². The van der Waals surface area contributed by atoms with Gasteiger partial charge in [-0.25, -0.2) is 8.78 Å². The average molecular weight is 262 g/mol. The molecule has 0 spiro atoms. The molecule has 0 N–H and O–H groups in total. The minimum Gasteiger partial charge on any atom is -0.280 e. The van der Waals surface area contributed by atoms with Gasteiger partial charge in [-0.3, -0.25) is 4.99 Å². The number of halogens is 3. The Labute approximate surface area is 106 Å². The zero-order valence-corrected chi connectivity index (χ0v) is 10.9. The maximum absolute atomic E-state index is 12.8. The molecule has 0 amide bonds. The molecular weight excluding hydrogens is 244 g/mol. The topological polar surface area (TPSA) is 12.4 Å². The molecule has 17 heavy (non-hydrogen) atoms. The van der Waals surface area contributed by atoms with Crippen LogP contribution in [0.4, 0.5) is 8.78 Å². The summed E-state index contributed by atoms with van der Waals surface area (Å²) in [6, 6.07) is -0.0300. The summed E-state index contributed by atoms with van der Waals surface area (Å²) < 4.78 is 25.6. The van der Waals surface area contributed by atoms with Crippen molar-refractivity contribution in [1.82, 2.24) is 0 Å². The van der Waals surface area contributed by atoms with E-state index in [2.05, 4.69) is 18.8 Å². The van der Waals surface area contributed by atoms with Crippen LogP contribution in [-0.2, 0) is 0 Å². The zero-order chi connectivity index (χ0) is 12.6. The van der Waals surface area contributed by atoms with Gasteiger partial charge in [0.2, 0.25) is 0 Å². The highest BCUT2D eigenvalue weighted by molar-refractivity contribution is 6.20. The molecule has 1 aliphatic carbocycles. The smallest absolute Gasteiger partial charge is 0.279 e. The largest absolute Gasteiger partial charge is 0.280 e. The first kappa shape index (κ1) is 13.0. The van der Waals surface area contributed by atoms with E-state index in [0.29, 0.717) is 11.8 Å². The third kappa shape index (κ3) is 2.70. The second kappa shape index (κ2) is 5.05. The van der Waals surface area contributed by atoms with E-state index in [9.17, 15) is 8.78 Å². The van der Waals surface area contributed by atoms with Crippen molar-refractivity contribution >= 4 is 17.3 Å². The van der Waals surface area contributed by atoms with Crippen LogP contribution in [0.1, 0.15) is 33.1 Å². The Bertz CT molecular complexity index is 349. The quantitative estimate of drug-likeness (QED) is 0.665. The SMILES string of the molecule is CC(C)C1=CC(C(F)F)=NC2CC(Cl)CCC12. The minimum atomic E-state index is -2.47. The molecule has 2 aliphatic rings. The molecule has 2 rings (SSSR count). The van der Waals surface area contributed by atoms with Crippen LogP contribution in [0.2, 0.25) is 0 Å². The number of hydrogen-bond donors (Lipinski definition) is 0. The molecule has 96 valence electrons. The second-order valence-electron chi connectivity index (χ2n) is 5.24. The Kier molecular flexibility index (Phi) is 3.86. The van der Waals surface area contributed by atoms with Gasteiger partial charge in [-0.2, -0.15) is 0 Å². The number of dihydropyridines is 1. The van der Waals surface area contributed by atoms with Crippen molar-refractivity contribution in [3.8, 4) is 0 Å². The summed E-state index contributed by atoms with van der Waals surface area (Å²) in [6.45, 7) is 4.12. The first-order valence-corrected chi connectivity index (χ1v) is 6.64. The van der Waals surface area contributed by atoms with E-state index in [4.69, 9.17) is 11.6 Å². The molecular formula is C13H18ClF2N. The fraction of sp³-hybridized carbons (Fsp3) is 0.769. The van der Waals surface area contributed by atoms with Gasteiger partial charge in [0, 0.05) is 11.3 Å². The Balaban J connectivity index is 2.28. The van der Waals surface area contributed by atoms with E-state index in [1.807, 2.05) is 0 Å². The predicted molar refractivity (Wildman–Crippen MR) is 67.1 cm³/mol. The number of allylic oxidation sites excluding steroid dienone is 1. The fourth-order valence-electron chi connectivity index (χ4n) is 2.85. The number of fused-ring (bicyclic) bond motifs is 1. The lowest BCUT2D eigenvalue weighted by Gasteiger charge is -2.37. The minimum absolute atomic E-state index is 0.0300. The van der Waals surface area contributed by atoms with E-state index in [1.54, 1.807) is 6.08 Å². The van der Waals surface area contributed by atoms with Crippen molar-refractivity contribution in [2.75, 3.05) is 0 Å². The molecule has 1 nitrogen and oxygen atoms in total. The molecule has 0 aromatic carbocycles. The number of nitrogens with zero attached hydrogens (tertiary/aromatic N) is 1. The van der Waals surface area contributed by atoms with Crippen molar-refractivity contribution in [3.05, 3.63) is 11.6 Å². The van der Waals surface area contributed by atoms with Crippen LogP contribution in [0.15, 0.2) is 16.6 Å². The van der Waals surface area contributed by atoms with Crippen LogP contribution in [0.25, 0.3) is 0 Å². The number of alkyl halides is 3. The van der Waals surface area contributed by atoms with Crippen LogP contribution in [0.3, 0.4) is 0 Å². The highest BCUT2D eigenvalue weighted by Gasteiger charge is 2.36.